The van der Waals surface area contributed by atoms with Gasteiger partial charge in [0.1, 0.15) is 5.75 Å². The summed E-state index contributed by atoms with van der Waals surface area (Å²) in [4.78, 5) is 24.1. The third-order valence-electron chi connectivity index (χ3n) is 3.88. The molecule has 2 aromatic rings. The van der Waals surface area contributed by atoms with Crippen LogP contribution in [0, 0.1) is 0 Å². The van der Waals surface area contributed by atoms with Gasteiger partial charge >= 0.3 is 0 Å². The molecule has 2 rings (SSSR count). The number of amides is 2. The molecule has 0 spiro atoms. The third kappa shape index (κ3) is 6.84. The van der Waals surface area contributed by atoms with Crippen LogP contribution in [0.25, 0.3) is 0 Å². The number of halogens is 1. The normalized spacial score (nSPS) is 10.3. The lowest BCUT2D eigenvalue weighted by Gasteiger charge is -2.15. The van der Waals surface area contributed by atoms with Crippen LogP contribution in [0.1, 0.15) is 37.6 Å². The molecule has 0 unspecified atom stereocenters. The number of anilines is 1. The maximum absolute atomic E-state index is 12.7. The molecular weight excluding hydrogens is 408 g/mol. The minimum atomic E-state index is -0.337. The van der Waals surface area contributed by atoms with Gasteiger partial charge < -0.3 is 24.8 Å². The van der Waals surface area contributed by atoms with Gasteiger partial charge in [-0.25, -0.2) is 0 Å². The second kappa shape index (κ2) is 11.9. The molecule has 2 aromatic carbocycles. The first-order valence-electron chi connectivity index (χ1n) is 9.88. The van der Waals surface area contributed by atoms with Crippen molar-refractivity contribution in [1.82, 2.24) is 5.32 Å². The van der Waals surface area contributed by atoms with Gasteiger partial charge in [-0.2, -0.15) is 0 Å². The fourth-order valence-corrected chi connectivity index (χ4v) is 2.81. The second-order valence-corrected chi connectivity index (χ2v) is 6.69. The number of ether oxygens (including phenoxy) is 3. The van der Waals surface area contributed by atoms with Crippen LogP contribution in [0.4, 0.5) is 5.69 Å². The van der Waals surface area contributed by atoms with Crippen LogP contribution in [0.2, 0.25) is 5.02 Å². The van der Waals surface area contributed by atoms with Crippen molar-refractivity contribution in [2.45, 2.75) is 27.2 Å². The summed E-state index contributed by atoms with van der Waals surface area (Å²) < 4.78 is 16.7. The number of nitrogens with one attached hydrogen (secondary N) is 2. The Labute approximate surface area is 181 Å². The summed E-state index contributed by atoms with van der Waals surface area (Å²) in [6.07, 6.45) is 0.827. The van der Waals surface area contributed by atoms with Crippen molar-refractivity contribution in [1.29, 1.82) is 0 Å². The van der Waals surface area contributed by atoms with E-state index in [1.165, 1.54) is 0 Å². The average molecular weight is 435 g/mol. The lowest BCUT2D eigenvalue weighted by Crippen LogP contribution is -2.28. The van der Waals surface area contributed by atoms with Crippen molar-refractivity contribution in [2.24, 2.45) is 0 Å². The van der Waals surface area contributed by atoms with E-state index < -0.39 is 0 Å². The van der Waals surface area contributed by atoms with Gasteiger partial charge in [0.25, 0.3) is 11.8 Å². The molecule has 0 atom stereocenters. The van der Waals surface area contributed by atoms with Gasteiger partial charge in [0.05, 0.1) is 18.2 Å². The lowest BCUT2D eigenvalue weighted by atomic mass is 10.1. The molecule has 0 bridgehead atoms. The largest absolute Gasteiger partial charge is 0.490 e. The fourth-order valence-electron chi connectivity index (χ4n) is 2.54. The van der Waals surface area contributed by atoms with Gasteiger partial charge in [-0.05, 0) is 56.7 Å². The Balaban J connectivity index is 2.07. The predicted octanol–water partition coefficient (Wildman–Crippen LogP) is 4.29. The molecule has 0 aliphatic rings. The highest BCUT2D eigenvalue weighted by atomic mass is 35.5. The van der Waals surface area contributed by atoms with Crippen LogP contribution in [-0.2, 0) is 4.79 Å². The fraction of sp³-hybridized carbons (Fsp3) is 0.364. The highest BCUT2D eigenvalue weighted by molar-refractivity contribution is 6.32. The lowest BCUT2D eigenvalue weighted by molar-refractivity contribution is -0.122. The highest BCUT2D eigenvalue weighted by Gasteiger charge is 2.16. The molecule has 0 saturated heterocycles. The van der Waals surface area contributed by atoms with E-state index in [9.17, 15) is 9.59 Å². The van der Waals surface area contributed by atoms with Crippen molar-refractivity contribution in [2.75, 3.05) is 31.7 Å². The van der Waals surface area contributed by atoms with E-state index in [1.807, 2.05) is 20.8 Å². The summed E-state index contributed by atoms with van der Waals surface area (Å²) in [6.45, 7) is 7.08. The van der Waals surface area contributed by atoms with Gasteiger partial charge in [-0.3, -0.25) is 9.59 Å². The Bertz CT molecular complexity index is 855. The maximum atomic E-state index is 12.7. The van der Waals surface area contributed by atoms with Gasteiger partial charge in [0.15, 0.2) is 18.1 Å². The van der Waals surface area contributed by atoms with Gasteiger partial charge in [-0.1, -0.05) is 18.5 Å². The van der Waals surface area contributed by atoms with E-state index in [0.717, 1.165) is 6.42 Å². The Morgan fingerprint density at radius 3 is 2.37 bits per heavy atom. The molecule has 8 heteroatoms. The SMILES string of the molecule is CCCOc1c(Cl)cc(C(=O)Nc2ccc(OCC(=O)NCC)cc2)cc1OCC. The number of benzene rings is 2. The molecular formula is C22H27ClN2O5. The number of hydrogen-bond acceptors (Lipinski definition) is 5. The molecule has 30 heavy (non-hydrogen) atoms. The Kier molecular flexibility index (Phi) is 9.28. The monoisotopic (exact) mass is 434 g/mol. The van der Waals surface area contributed by atoms with Crippen LogP contribution in [-0.4, -0.2) is 38.2 Å². The number of carbonyl (C=O) groups is 2. The summed E-state index contributed by atoms with van der Waals surface area (Å²) >= 11 is 6.32. The van der Waals surface area contributed by atoms with E-state index in [0.29, 0.717) is 53.3 Å². The van der Waals surface area contributed by atoms with Gasteiger partial charge in [-0.15, -0.1) is 0 Å². The molecule has 0 radical (unpaired) electrons. The molecule has 162 valence electrons. The maximum Gasteiger partial charge on any atom is 0.257 e. The molecule has 0 heterocycles. The van der Waals surface area contributed by atoms with Crippen LogP contribution in [0.15, 0.2) is 36.4 Å². The van der Waals surface area contributed by atoms with E-state index >= 15 is 0 Å². The average Bonchev–Trinajstić information content (AvgIpc) is 2.73. The summed E-state index contributed by atoms with van der Waals surface area (Å²) in [5.41, 5.74) is 0.926. The molecule has 0 fully saturated rings. The third-order valence-corrected chi connectivity index (χ3v) is 4.16. The summed E-state index contributed by atoms with van der Waals surface area (Å²) in [7, 11) is 0. The predicted molar refractivity (Wildman–Crippen MR) is 117 cm³/mol. The first-order valence-corrected chi connectivity index (χ1v) is 10.3. The van der Waals surface area contributed by atoms with Crippen molar-refractivity contribution in [3.63, 3.8) is 0 Å². The van der Waals surface area contributed by atoms with Gasteiger partial charge in [0.2, 0.25) is 0 Å². The smallest absolute Gasteiger partial charge is 0.257 e. The van der Waals surface area contributed by atoms with E-state index in [4.69, 9.17) is 25.8 Å². The molecule has 7 nitrogen and oxygen atoms in total. The van der Waals surface area contributed by atoms with Crippen LogP contribution >= 0.6 is 11.6 Å². The molecule has 2 amide bonds. The standard InChI is InChI=1S/C22H27ClN2O5/c1-4-11-29-21-18(23)12-15(13-19(21)28-6-3)22(27)25-16-7-9-17(10-8-16)30-14-20(26)24-5-2/h7-10,12-13H,4-6,11,14H2,1-3H3,(H,24,26)(H,25,27). The zero-order valence-corrected chi connectivity index (χ0v) is 18.2. The first-order chi connectivity index (χ1) is 14.5. The summed E-state index contributed by atoms with van der Waals surface area (Å²) in [5, 5.41) is 5.77. The number of rotatable bonds is 11. The molecule has 0 saturated carbocycles. The summed E-state index contributed by atoms with van der Waals surface area (Å²) in [5.74, 6) is 0.862. The number of carbonyl (C=O) groups excluding carboxylic acids is 2. The van der Waals surface area contributed by atoms with Crippen molar-refractivity contribution in [3.8, 4) is 17.2 Å². The van der Waals surface area contributed by atoms with Crippen LogP contribution in [0.5, 0.6) is 17.2 Å². The topological polar surface area (TPSA) is 85.9 Å². The molecule has 0 aromatic heterocycles. The minimum absolute atomic E-state index is 0.0648. The minimum Gasteiger partial charge on any atom is -0.490 e. The number of hydrogen-bond donors (Lipinski definition) is 2. The molecule has 0 aliphatic carbocycles. The van der Waals surface area contributed by atoms with Crippen molar-refractivity contribution >= 4 is 29.1 Å². The summed E-state index contributed by atoms with van der Waals surface area (Å²) in [6, 6.07) is 9.89. The van der Waals surface area contributed by atoms with E-state index in [-0.39, 0.29) is 18.4 Å². The zero-order valence-electron chi connectivity index (χ0n) is 17.4. The highest BCUT2D eigenvalue weighted by Crippen LogP contribution is 2.37. The number of likely N-dealkylation sites (N-methyl/N-ethyl adjacent to an activating group) is 1. The Morgan fingerprint density at radius 1 is 1.00 bits per heavy atom. The van der Waals surface area contributed by atoms with Crippen LogP contribution < -0.4 is 24.8 Å². The van der Waals surface area contributed by atoms with E-state index in [1.54, 1.807) is 36.4 Å². The Hall–Kier alpha value is -2.93. The van der Waals surface area contributed by atoms with Gasteiger partial charge in [0, 0.05) is 17.8 Å². The molecule has 2 N–H and O–H groups in total. The quantitative estimate of drug-likeness (QED) is 0.550. The first kappa shape index (κ1) is 23.3. The zero-order chi connectivity index (χ0) is 21.9. The Morgan fingerprint density at radius 2 is 1.73 bits per heavy atom. The second-order valence-electron chi connectivity index (χ2n) is 6.29. The van der Waals surface area contributed by atoms with Crippen molar-refractivity contribution in [3.05, 3.63) is 47.0 Å². The van der Waals surface area contributed by atoms with Crippen LogP contribution in [0.3, 0.4) is 0 Å². The van der Waals surface area contributed by atoms with E-state index in [2.05, 4.69) is 10.6 Å². The molecule has 0 aliphatic heterocycles. The van der Waals surface area contributed by atoms with Crippen molar-refractivity contribution < 1.29 is 23.8 Å².